The van der Waals surface area contributed by atoms with Crippen LogP contribution in [0.3, 0.4) is 0 Å². The zero-order chi connectivity index (χ0) is 17.3. The summed E-state index contributed by atoms with van der Waals surface area (Å²) in [5, 5.41) is 2.76. The van der Waals surface area contributed by atoms with E-state index in [9.17, 15) is 9.59 Å². The number of amides is 2. The van der Waals surface area contributed by atoms with Crippen molar-refractivity contribution in [1.82, 2.24) is 0 Å². The predicted octanol–water partition coefficient (Wildman–Crippen LogP) is 3.68. The van der Waals surface area contributed by atoms with Crippen molar-refractivity contribution >= 4 is 39.1 Å². The van der Waals surface area contributed by atoms with Gasteiger partial charge in [-0.05, 0) is 52.2 Å². The fourth-order valence-electron chi connectivity index (χ4n) is 2.47. The summed E-state index contributed by atoms with van der Waals surface area (Å²) < 4.78 is 11.2. The molecule has 0 bridgehead atoms. The molecule has 2 amide bonds. The van der Waals surface area contributed by atoms with E-state index in [2.05, 4.69) is 21.2 Å². The van der Waals surface area contributed by atoms with E-state index in [0.717, 1.165) is 0 Å². The lowest BCUT2D eigenvalue weighted by Gasteiger charge is -2.31. The average Bonchev–Trinajstić information content (AvgIpc) is 2.97. The molecule has 0 saturated carbocycles. The second kappa shape index (κ2) is 6.68. The van der Waals surface area contributed by atoms with Gasteiger partial charge in [0.15, 0.2) is 17.0 Å². The molecule has 6 nitrogen and oxygen atoms in total. The van der Waals surface area contributed by atoms with Gasteiger partial charge in [-0.2, -0.15) is 0 Å². The van der Waals surface area contributed by atoms with Crippen molar-refractivity contribution in [1.29, 1.82) is 0 Å². The number of carbonyl (C=O) groups excluding carboxylic acids is 2. The number of ether oxygens (including phenoxy) is 1. The first-order valence-corrected chi connectivity index (χ1v) is 8.37. The first kappa shape index (κ1) is 16.6. The molecule has 7 heteroatoms. The number of benzene rings is 1. The molecule has 126 valence electrons. The highest BCUT2D eigenvalue weighted by Crippen LogP contribution is 2.35. The molecule has 0 atom stereocenters. The van der Waals surface area contributed by atoms with Gasteiger partial charge in [-0.25, -0.2) is 0 Å². The SMILES string of the molecule is CC(C)CN1C(=O)COc2ccc(NC(=O)c3ccc(Br)o3)cc21. The molecule has 2 heterocycles. The van der Waals surface area contributed by atoms with Crippen molar-refractivity contribution in [2.24, 2.45) is 5.92 Å². The number of nitrogens with one attached hydrogen (secondary N) is 1. The van der Waals surface area contributed by atoms with Gasteiger partial charge < -0.3 is 19.4 Å². The summed E-state index contributed by atoms with van der Waals surface area (Å²) in [7, 11) is 0. The molecule has 0 unspecified atom stereocenters. The van der Waals surface area contributed by atoms with Gasteiger partial charge in [0.2, 0.25) is 0 Å². The van der Waals surface area contributed by atoms with E-state index < -0.39 is 0 Å². The minimum Gasteiger partial charge on any atom is -0.482 e. The molecular formula is C17H17BrN2O4. The highest BCUT2D eigenvalue weighted by atomic mass is 79.9. The molecule has 24 heavy (non-hydrogen) atoms. The number of furan rings is 1. The maximum absolute atomic E-state index is 12.2. The van der Waals surface area contributed by atoms with Gasteiger partial charge in [0, 0.05) is 12.2 Å². The molecule has 2 aromatic rings. The topological polar surface area (TPSA) is 71.8 Å². The fourth-order valence-corrected chi connectivity index (χ4v) is 2.78. The Morgan fingerprint density at radius 1 is 1.33 bits per heavy atom. The third-order valence-corrected chi connectivity index (χ3v) is 3.93. The van der Waals surface area contributed by atoms with Gasteiger partial charge in [-0.3, -0.25) is 9.59 Å². The normalized spacial score (nSPS) is 13.7. The Morgan fingerprint density at radius 2 is 2.12 bits per heavy atom. The van der Waals surface area contributed by atoms with Crippen LogP contribution in [0.25, 0.3) is 0 Å². The lowest BCUT2D eigenvalue weighted by Crippen LogP contribution is -2.41. The van der Waals surface area contributed by atoms with Gasteiger partial charge in [-0.15, -0.1) is 0 Å². The summed E-state index contributed by atoms with van der Waals surface area (Å²) in [6, 6.07) is 8.46. The van der Waals surface area contributed by atoms with Gasteiger partial charge in [0.1, 0.15) is 5.75 Å². The summed E-state index contributed by atoms with van der Waals surface area (Å²) in [6.07, 6.45) is 0. The van der Waals surface area contributed by atoms with Crippen LogP contribution in [-0.4, -0.2) is 25.0 Å². The Bertz CT molecular complexity index is 785. The first-order valence-electron chi connectivity index (χ1n) is 7.58. The standard InChI is InChI=1S/C17H17BrN2O4/c1-10(2)8-20-12-7-11(3-4-13(12)23-9-16(20)21)19-17(22)14-5-6-15(18)24-14/h3-7,10H,8-9H2,1-2H3,(H,19,22). The number of halogens is 1. The van der Waals surface area contributed by atoms with Gasteiger partial charge >= 0.3 is 0 Å². The van der Waals surface area contributed by atoms with Crippen LogP contribution < -0.4 is 15.0 Å². The van der Waals surface area contributed by atoms with E-state index in [0.29, 0.717) is 34.3 Å². The number of hydrogen-bond acceptors (Lipinski definition) is 4. The summed E-state index contributed by atoms with van der Waals surface area (Å²) in [4.78, 5) is 26.0. The number of nitrogens with zero attached hydrogens (tertiary/aromatic N) is 1. The summed E-state index contributed by atoms with van der Waals surface area (Å²) in [5.74, 6) is 0.701. The second-order valence-electron chi connectivity index (χ2n) is 5.93. The second-order valence-corrected chi connectivity index (χ2v) is 6.71. The van der Waals surface area contributed by atoms with Crippen molar-refractivity contribution in [2.75, 3.05) is 23.4 Å². The summed E-state index contributed by atoms with van der Waals surface area (Å²) in [6.45, 7) is 4.72. The van der Waals surface area contributed by atoms with E-state index in [4.69, 9.17) is 9.15 Å². The molecule has 1 aromatic carbocycles. The Kier molecular flexibility index (Phi) is 4.62. The lowest BCUT2D eigenvalue weighted by atomic mass is 10.1. The Hall–Kier alpha value is -2.28. The zero-order valence-corrected chi connectivity index (χ0v) is 14.9. The maximum atomic E-state index is 12.2. The van der Waals surface area contributed by atoms with Crippen LogP contribution in [0.2, 0.25) is 0 Å². The number of hydrogen-bond donors (Lipinski definition) is 1. The molecule has 0 aliphatic carbocycles. The molecule has 3 rings (SSSR count). The van der Waals surface area contributed by atoms with E-state index in [1.165, 1.54) is 0 Å². The number of rotatable bonds is 4. The third kappa shape index (κ3) is 3.46. The van der Waals surface area contributed by atoms with Gasteiger partial charge in [-0.1, -0.05) is 13.8 Å². The van der Waals surface area contributed by atoms with Crippen molar-refractivity contribution < 1.29 is 18.7 Å². The number of anilines is 2. The average molecular weight is 393 g/mol. The minimum absolute atomic E-state index is 0.0336. The molecule has 1 aliphatic heterocycles. The number of carbonyl (C=O) groups is 2. The Balaban J connectivity index is 1.85. The molecule has 0 saturated heterocycles. The van der Waals surface area contributed by atoms with Crippen LogP contribution in [0.1, 0.15) is 24.4 Å². The minimum atomic E-state index is -0.362. The monoisotopic (exact) mass is 392 g/mol. The van der Waals surface area contributed by atoms with Crippen LogP contribution in [0.5, 0.6) is 5.75 Å². The van der Waals surface area contributed by atoms with Crippen molar-refractivity contribution in [3.63, 3.8) is 0 Å². The first-order chi connectivity index (χ1) is 11.4. The Labute approximate surface area is 147 Å². The molecule has 0 fully saturated rings. The highest BCUT2D eigenvalue weighted by molar-refractivity contribution is 9.10. The highest BCUT2D eigenvalue weighted by Gasteiger charge is 2.26. The molecule has 0 spiro atoms. The van der Waals surface area contributed by atoms with Crippen LogP contribution in [0.4, 0.5) is 11.4 Å². The Morgan fingerprint density at radius 3 is 2.79 bits per heavy atom. The lowest BCUT2D eigenvalue weighted by molar-refractivity contribution is -0.121. The smallest absolute Gasteiger partial charge is 0.291 e. The van der Waals surface area contributed by atoms with E-state index in [1.54, 1.807) is 35.2 Å². The van der Waals surface area contributed by atoms with E-state index >= 15 is 0 Å². The molecule has 1 aliphatic rings. The van der Waals surface area contributed by atoms with Crippen LogP contribution >= 0.6 is 15.9 Å². The van der Waals surface area contributed by atoms with Crippen molar-refractivity contribution in [3.05, 3.63) is 40.8 Å². The number of fused-ring (bicyclic) bond motifs is 1. The van der Waals surface area contributed by atoms with Crippen LogP contribution in [0.15, 0.2) is 39.4 Å². The molecule has 0 radical (unpaired) electrons. The van der Waals surface area contributed by atoms with E-state index in [-0.39, 0.29) is 24.2 Å². The molecule has 1 N–H and O–H groups in total. The van der Waals surface area contributed by atoms with Gasteiger partial charge in [0.05, 0.1) is 5.69 Å². The largest absolute Gasteiger partial charge is 0.482 e. The predicted molar refractivity (Wildman–Crippen MR) is 93.5 cm³/mol. The molecular weight excluding hydrogens is 376 g/mol. The summed E-state index contributed by atoms with van der Waals surface area (Å²) >= 11 is 3.17. The zero-order valence-electron chi connectivity index (χ0n) is 13.3. The third-order valence-electron chi connectivity index (χ3n) is 3.50. The van der Waals surface area contributed by atoms with Gasteiger partial charge in [0.25, 0.3) is 11.8 Å². The van der Waals surface area contributed by atoms with E-state index in [1.807, 2.05) is 13.8 Å². The van der Waals surface area contributed by atoms with Crippen molar-refractivity contribution in [2.45, 2.75) is 13.8 Å². The molecule has 1 aromatic heterocycles. The summed E-state index contributed by atoms with van der Waals surface area (Å²) in [5.41, 5.74) is 1.23. The van der Waals surface area contributed by atoms with Crippen molar-refractivity contribution in [3.8, 4) is 5.75 Å². The van der Waals surface area contributed by atoms with Crippen LogP contribution in [-0.2, 0) is 4.79 Å². The maximum Gasteiger partial charge on any atom is 0.291 e. The fraction of sp³-hybridized carbons (Fsp3) is 0.294. The van der Waals surface area contributed by atoms with Crippen LogP contribution in [0, 0.1) is 5.92 Å². The quantitative estimate of drug-likeness (QED) is 0.861.